The molecule has 4 N–H and O–H groups in total. The molecule has 0 unspecified atom stereocenters. The van der Waals surface area contributed by atoms with E-state index in [1.165, 1.54) is 18.3 Å². The summed E-state index contributed by atoms with van der Waals surface area (Å²) in [5.41, 5.74) is 5.54. The van der Waals surface area contributed by atoms with Gasteiger partial charge in [-0.15, -0.1) is 0 Å². The highest BCUT2D eigenvalue weighted by Gasteiger charge is 2.15. The van der Waals surface area contributed by atoms with Gasteiger partial charge in [-0.3, -0.25) is 0 Å². The summed E-state index contributed by atoms with van der Waals surface area (Å²) in [4.78, 5) is 0. The Hall–Kier alpha value is -1.63. The average Bonchev–Trinajstić information content (AvgIpc) is 2.64. The van der Waals surface area contributed by atoms with Gasteiger partial charge in [-0.25, -0.2) is 9.07 Å². The first-order chi connectivity index (χ1) is 8.00. The van der Waals surface area contributed by atoms with E-state index in [9.17, 15) is 4.39 Å². The fourth-order valence-electron chi connectivity index (χ4n) is 1.39. The first-order valence-corrected chi connectivity index (χ1v) is 5.04. The van der Waals surface area contributed by atoms with Crippen molar-refractivity contribution in [3.8, 4) is 5.69 Å². The smallest absolute Gasteiger partial charge is 0.183 e. The van der Waals surface area contributed by atoms with E-state index in [4.69, 9.17) is 27.5 Å². The number of nitrogens with two attached hydrogens (primary N) is 1. The molecule has 1 aromatic carbocycles. The maximum atomic E-state index is 13.7. The summed E-state index contributed by atoms with van der Waals surface area (Å²) in [6, 6.07) is 4.39. The summed E-state index contributed by atoms with van der Waals surface area (Å²) in [6.45, 7) is 0. The largest absolute Gasteiger partial charge is 0.382 e. The van der Waals surface area contributed by atoms with E-state index < -0.39 is 12.1 Å². The number of aliphatic hydroxyl groups excluding tert-OH is 1. The SMILES string of the molecule is Nc1nn(-c2cccc(Cl)c2F)cc1C(O)O. The monoisotopic (exact) mass is 257 g/mol. The van der Waals surface area contributed by atoms with Crippen LogP contribution in [0.4, 0.5) is 10.2 Å². The molecule has 7 heteroatoms. The maximum Gasteiger partial charge on any atom is 0.183 e. The number of anilines is 1. The topological polar surface area (TPSA) is 84.3 Å². The second kappa shape index (κ2) is 4.33. The molecule has 2 aromatic rings. The number of hydrogen-bond donors (Lipinski definition) is 3. The van der Waals surface area contributed by atoms with Gasteiger partial charge in [0, 0.05) is 6.20 Å². The van der Waals surface area contributed by atoms with Crippen LogP contribution in [0.15, 0.2) is 24.4 Å². The van der Waals surface area contributed by atoms with Crippen LogP contribution in [-0.2, 0) is 0 Å². The second-order valence-electron chi connectivity index (χ2n) is 3.36. The van der Waals surface area contributed by atoms with E-state index in [0.29, 0.717) is 0 Å². The number of aromatic nitrogens is 2. The molecule has 90 valence electrons. The first kappa shape index (κ1) is 11.8. The Labute approximate surface area is 101 Å². The fourth-order valence-corrected chi connectivity index (χ4v) is 1.56. The Morgan fingerprint density at radius 2 is 2.12 bits per heavy atom. The Bertz CT molecular complexity index is 556. The predicted octanol–water partition coefficient (Wildman–Crippen LogP) is 1.23. The average molecular weight is 258 g/mol. The summed E-state index contributed by atoms with van der Waals surface area (Å²) in [7, 11) is 0. The molecule has 0 aliphatic heterocycles. The van der Waals surface area contributed by atoms with Gasteiger partial charge in [0.25, 0.3) is 0 Å². The van der Waals surface area contributed by atoms with Crippen LogP contribution in [0.25, 0.3) is 5.69 Å². The van der Waals surface area contributed by atoms with Gasteiger partial charge in [-0.1, -0.05) is 17.7 Å². The molecule has 0 aliphatic carbocycles. The molecule has 1 heterocycles. The van der Waals surface area contributed by atoms with Crippen molar-refractivity contribution in [1.29, 1.82) is 0 Å². The van der Waals surface area contributed by atoms with Gasteiger partial charge < -0.3 is 15.9 Å². The van der Waals surface area contributed by atoms with E-state index in [1.54, 1.807) is 6.07 Å². The molecule has 0 atom stereocenters. The van der Waals surface area contributed by atoms with E-state index in [0.717, 1.165) is 4.68 Å². The van der Waals surface area contributed by atoms with Crippen LogP contribution in [0.2, 0.25) is 5.02 Å². The molecule has 0 spiro atoms. The standard InChI is InChI=1S/C10H9ClFN3O2/c11-6-2-1-3-7(8(6)12)15-4-5(10(16)17)9(13)14-15/h1-4,10,16-17H,(H2,13,14). The van der Waals surface area contributed by atoms with Gasteiger partial charge in [-0.2, -0.15) is 5.10 Å². The van der Waals surface area contributed by atoms with Crippen molar-refractivity contribution in [3.05, 3.63) is 40.8 Å². The molecule has 0 radical (unpaired) electrons. The van der Waals surface area contributed by atoms with Crippen molar-refractivity contribution < 1.29 is 14.6 Å². The zero-order valence-corrected chi connectivity index (χ0v) is 9.26. The first-order valence-electron chi connectivity index (χ1n) is 4.66. The summed E-state index contributed by atoms with van der Waals surface area (Å²) >= 11 is 5.63. The van der Waals surface area contributed by atoms with Gasteiger partial charge in [0.05, 0.1) is 10.6 Å². The predicted molar refractivity (Wildman–Crippen MR) is 60.1 cm³/mol. The molecular weight excluding hydrogens is 249 g/mol. The third-order valence-electron chi connectivity index (χ3n) is 2.23. The van der Waals surface area contributed by atoms with Gasteiger partial charge >= 0.3 is 0 Å². The van der Waals surface area contributed by atoms with Crippen LogP contribution in [0, 0.1) is 5.82 Å². The highest BCUT2D eigenvalue weighted by Crippen LogP contribution is 2.24. The maximum absolute atomic E-state index is 13.7. The minimum Gasteiger partial charge on any atom is -0.382 e. The molecule has 0 bridgehead atoms. The molecule has 17 heavy (non-hydrogen) atoms. The van der Waals surface area contributed by atoms with Crippen LogP contribution in [0.5, 0.6) is 0 Å². The number of hydrogen-bond acceptors (Lipinski definition) is 4. The lowest BCUT2D eigenvalue weighted by Gasteiger charge is -2.03. The number of rotatable bonds is 2. The lowest BCUT2D eigenvalue weighted by molar-refractivity contribution is -0.0419. The normalized spacial score (nSPS) is 11.1. The van der Waals surface area contributed by atoms with Gasteiger partial charge in [0.1, 0.15) is 5.69 Å². The Morgan fingerprint density at radius 3 is 2.71 bits per heavy atom. The van der Waals surface area contributed by atoms with E-state index in [1.807, 2.05) is 0 Å². The van der Waals surface area contributed by atoms with Crippen molar-refractivity contribution in [2.45, 2.75) is 6.29 Å². The molecule has 0 amide bonds. The van der Waals surface area contributed by atoms with Gasteiger partial charge in [-0.05, 0) is 12.1 Å². The van der Waals surface area contributed by atoms with Crippen molar-refractivity contribution in [3.63, 3.8) is 0 Å². The highest BCUT2D eigenvalue weighted by molar-refractivity contribution is 6.30. The third-order valence-corrected chi connectivity index (χ3v) is 2.52. The second-order valence-corrected chi connectivity index (χ2v) is 3.77. The van der Waals surface area contributed by atoms with E-state index >= 15 is 0 Å². The summed E-state index contributed by atoms with van der Waals surface area (Å²) in [5, 5.41) is 21.7. The van der Waals surface area contributed by atoms with Crippen LogP contribution in [0.3, 0.4) is 0 Å². The summed E-state index contributed by atoms with van der Waals surface area (Å²) in [5.74, 6) is -0.741. The van der Waals surface area contributed by atoms with Crippen LogP contribution in [0.1, 0.15) is 11.9 Å². The van der Waals surface area contributed by atoms with Crippen molar-refractivity contribution in [1.82, 2.24) is 9.78 Å². The molecule has 5 nitrogen and oxygen atoms in total. The van der Waals surface area contributed by atoms with Gasteiger partial charge in [0.15, 0.2) is 17.9 Å². The highest BCUT2D eigenvalue weighted by atomic mass is 35.5. The third kappa shape index (κ3) is 2.10. The van der Waals surface area contributed by atoms with Crippen LogP contribution >= 0.6 is 11.6 Å². The molecule has 0 saturated carbocycles. The Balaban J connectivity index is 2.54. The number of halogens is 2. The Kier molecular flexibility index (Phi) is 3.01. The lowest BCUT2D eigenvalue weighted by atomic mass is 10.3. The molecule has 0 aliphatic rings. The summed E-state index contributed by atoms with van der Waals surface area (Å²) < 4.78 is 14.8. The zero-order chi connectivity index (χ0) is 12.6. The minimum atomic E-state index is -1.76. The van der Waals surface area contributed by atoms with Crippen LogP contribution in [-0.4, -0.2) is 20.0 Å². The van der Waals surface area contributed by atoms with E-state index in [-0.39, 0.29) is 22.1 Å². The van der Waals surface area contributed by atoms with Gasteiger partial charge in [0.2, 0.25) is 0 Å². The fraction of sp³-hybridized carbons (Fsp3) is 0.100. The lowest BCUT2D eigenvalue weighted by Crippen LogP contribution is -1.99. The number of nitrogens with zero attached hydrogens (tertiary/aromatic N) is 2. The number of aliphatic hydroxyl groups is 2. The van der Waals surface area contributed by atoms with Crippen molar-refractivity contribution >= 4 is 17.4 Å². The summed E-state index contributed by atoms with van der Waals surface area (Å²) in [6.07, 6.45) is -0.527. The molecule has 2 rings (SSSR count). The zero-order valence-electron chi connectivity index (χ0n) is 8.51. The Morgan fingerprint density at radius 1 is 1.41 bits per heavy atom. The quantitative estimate of drug-likeness (QED) is 0.707. The molecule has 0 saturated heterocycles. The molecule has 0 fully saturated rings. The number of nitrogen functional groups attached to an aromatic ring is 1. The minimum absolute atomic E-state index is 0.00405. The molecule has 1 aromatic heterocycles. The van der Waals surface area contributed by atoms with Crippen LogP contribution < -0.4 is 5.73 Å². The van der Waals surface area contributed by atoms with Crippen molar-refractivity contribution in [2.75, 3.05) is 5.73 Å². The molecular formula is C10H9ClFN3O2. The van der Waals surface area contributed by atoms with Crippen molar-refractivity contribution in [2.24, 2.45) is 0 Å². The van der Waals surface area contributed by atoms with E-state index in [2.05, 4.69) is 5.10 Å². The number of benzene rings is 1.